The number of aliphatic imine (C=N–C) groups is 1. The molecule has 1 aliphatic rings. The van der Waals surface area contributed by atoms with E-state index in [1.807, 2.05) is 6.07 Å². The first kappa shape index (κ1) is 19.3. The minimum atomic E-state index is -0.288. The van der Waals surface area contributed by atoms with Crippen LogP contribution in [0.15, 0.2) is 59.6 Å². The van der Waals surface area contributed by atoms with E-state index in [-0.39, 0.29) is 17.8 Å². The largest absolute Gasteiger partial charge is 0.310 e. The van der Waals surface area contributed by atoms with Gasteiger partial charge in [-0.3, -0.25) is 14.9 Å². The average Bonchev–Trinajstić information content (AvgIpc) is 3.14. The maximum atomic E-state index is 13.1. The summed E-state index contributed by atoms with van der Waals surface area (Å²) in [5.74, 6) is 0.0892. The van der Waals surface area contributed by atoms with Crippen LogP contribution in [0.2, 0.25) is 5.02 Å². The third kappa shape index (κ3) is 4.90. The van der Waals surface area contributed by atoms with Crippen LogP contribution < -0.4 is 5.32 Å². The van der Waals surface area contributed by atoms with E-state index >= 15 is 0 Å². The van der Waals surface area contributed by atoms with Gasteiger partial charge in [-0.15, -0.1) is 0 Å². The molecule has 2 aromatic carbocycles. The number of aromatic amines is 1. The molecule has 1 heterocycles. The van der Waals surface area contributed by atoms with E-state index < -0.39 is 0 Å². The molecule has 0 aliphatic heterocycles. The second-order valence-electron chi connectivity index (χ2n) is 7.08. The second kappa shape index (κ2) is 8.57. The first-order chi connectivity index (χ1) is 14.1. The number of carbonyl (C=O) groups excluding carboxylic acids is 1. The molecule has 1 saturated carbocycles. The summed E-state index contributed by atoms with van der Waals surface area (Å²) in [7, 11) is 0. The van der Waals surface area contributed by atoms with Crippen LogP contribution in [-0.2, 0) is 6.42 Å². The molecule has 0 spiro atoms. The molecule has 0 radical (unpaired) electrons. The van der Waals surface area contributed by atoms with Gasteiger partial charge in [-0.1, -0.05) is 11.6 Å². The van der Waals surface area contributed by atoms with Gasteiger partial charge in [-0.05, 0) is 73.9 Å². The van der Waals surface area contributed by atoms with Gasteiger partial charge in [-0.2, -0.15) is 5.10 Å². The highest BCUT2D eigenvalue weighted by atomic mass is 35.5. The smallest absolute Gasteiger partial charge is 0.256 e. The van der Waals surface area contributed by atoms with Gasteiger partial charge >= 0.3 is 0 Å². The molecule has 7 heteroatoms. The summed E-state index contributed by atoms with van der Waals surface area (Å²) in [6.07, 6.45) is 3.64. The van der Waals surface area contributed by atoms with Crippen LogP contribution >= 0.6 is 11.6 Å². The lowest BCUT2D eigenvalue weighted by Gasteiger charge is -2.22. The number of carbonyl (C=O) groups is 1. The zero-order valence-electron chi connectivity index (χ0n) is 15.7. The predicted octanol–water partition coefficient (Wildman–Crippen LogP) is 4.79. The Hall–Kier alpha value is -2.99. The molecule has 1 amide bonds. The standard InChI is InChI=1S/C22H20ClFN4O/c23-16-8-4-15(5-9-16)22(29)26-21(25-18-2-1-3-18)13-19-12-20(28-27-19)14-6-10-17(24)11-7-14/h4-12,18H,1-3,13H2,(H,27,28)(H,25,26,29). The average molecular weight is 411 g/mol. The molecule has 29 heavy (non-hydrogen) atoms. The summed E-state index contributed by atoms with van der Waals surface area (Å²) in [6.45, 7) is 0. The van der Waals surface area contributed by atoms with Gasteiger partial charge in [0.15, 0.2) is 0 Å². The Kier molecular flexibility index (Phi) is 5.71. The van der Waals surface area contributed by atoms with E-state index in [0.717, 1.165) is 30.5 Å². The molecular weight excluding hydrogens is 391 g/mol. The van der Waals surface area contributed by atoms with Gasteiger partial charge in [0.25, 0.3) is 5.91 Å². The van der Waals surface area contributed by atoms with Crippen molar-refractivity contribution >= 4 is 23.3 Å². The van der Waals surface area contributed by atoms with E-state index in [0.29, 0.717) is 28.5 Å². The number of amides is 1. The van der Waals surface area contributed by atoms with Crippen LogP contribution in [0.4, 0.5) is 4.39 Å². The first-order valence-corrected chi connectivity index (χ1v) is 9.88. The number of hydrogen-bond acceptors (Lipinski definition) is 3. The molecular formula is C22H20ClFN4O. The molecule has 0 atom stereocenters. The van der Waals surface area contributed by atoms with E-state index in [9.17, 15) is 9.18 Å². The SMILES string of the molecule is O=C(NC(Cc1cc(-c2ccc(F)cc2)n[nH]1)=NC1CCC1)c1ccc(Cl)cc1. The van der Waals surface area contributed by atoms with E-state index in [1.165, 1.54) is 12.1 Å². The van der Waals surface area contributed by atoms with Crippen LogP contribution in [0.5, 0.6) is 0 Å². The Morgan fingerprint density at radius 2 is 1.90 bits per heavy atom. The maximum absolute atomic E-state index is 13.1. The zero-order valence-corrected chi connectivity index (χ0v) is 16.4. The van der Waals surface area contributed by atoms with Gasteiger partial charge < -0.3 is 5.32 Å². The molecule has 0 unspecified atom stereocenters. The Morgan fingerprint density at radius 3 is 2.55 bits per heavy atom. The lowest BCUT2D eigenvalue weighted by Crippen LogP contribution is -2.34. The van der Waals surface area contributed by atoms with Gasteiger partial charge in [0.1, 0.15) is 11.7 Å². The Labute approximate surface area is 173 Å². The third-order valence-electron chi connectivity index (χ3n) is 4.91. The fraction of sp³-hybridized carbons (Fsp3) is 0.227. The van der Waals surface area contributed by atoms with Crippen molar-refractivity contribution in [2.75, 3.05) is 0 Å². The lowest BCUT2D eigenvalue weighted by atomic mass is 9.94. The summed E-state index contributed by atoms with van der Waals surface area (Å²) in [5.41, 5.74) is 2.87. The minimum Gasteiger partial charge on any atom is -0.310 e. The number of nitrogens with one attached hydrogen (secondary N) is 2. The van der Waals surface area contributed by atoms with E-state index in [1.54, 1.807) is 36.4 Å². The highest BCUT2D eigenvalue weighted by Crippen LogP contribution is 2.23. The number of benzene rings is 2. The van der Waals surface area contributed by atoms with Crippen LogP contribution in [-0.4, -0.2) is 28.0 Å². The first-order valence-electron chi connectivity index (χ1n) is 9.50. The minimum absolute atomic E-state index is 0.224. The highest BCUT2D eigenvalue weighted by molar-refractivity contribution is 6.30. The molecule has 0 bridgehead atoms. The number of rotatable bonds is 5. The summed E-state index contributed by atoms with van der Waals surface area (Å²) >= 11 is 5.90. The van der Waals surface area contributed by atoms with Crippen molar-refractivity contribution in [3.63, 3.8) is 0 Å². The quantitative estimate of drug-likeness (QED) is 0.469. The molecule has 0 saturated heterocycles. The Bertz CT molecular complexity index is 1020. The van der Waals surface area contributed by atoms with Crippen molar-refractivity contribution < 1.29 is 9.18 Å². The predicted molar refractivity (Wildman–Crippen MR) is 112 cm³/mol. The highest BCUT2D eigenvalue weighted by Gasteiger charge is 2.19. The fourth-order valence-electron chi connectivity index (χ4n) is 3.06. The molecule has 1 fully saturated rings. The monoisotopic (exact) mass is 410 g/mol. The fourth-order valence-corrected chi connectivity index (χ4v) is 3.19. The number of halogens is 2. The zero-order chi connectivity index (χ0) is 20.2. The lowest BCUT2D eigenvalue weighted by molar-refractivity contribution is 0.0976. The van der Waals surface area contributed by atoms with Gasteiger partial charge in [0.05, 0.1) is 11.7 Å². The van der Waals surface area contributed by atoms with Crippen LogP contribution in [0.1, 0.15) is 35.3 Å². The van der Waals surface area contributed by atoms with Crippen LogP contribution in [0, 0.1) is 5.82 Å². The number of H-pyrrole nitrogens is 1. The van der Waals surface area contributed by atoms with Gasteiger partial charge in [-0.25, -0.2) is 4.39 Å². The van der Waals surface area contributed by atoms with Gasteiger partial charge in [0, 0.05) is 28.3 Å². The van der Waals surface area contributed by atoms with E-state index in [4.69, 9.17) is 16.6 Å². The molecule has 1 aromatic heterocycles. The Morgan fingerprint density at radius 1 is 1.17 bits per heavy atom. The number of hydrogen-bond donors (Lipinski definition) is 2. The molecule has 1 aliphatic carbocycles. The van der Waals surface area contributed by atoms with Crippen molar-refractivity contribution in [3.8, 4) is 11.3 Å². The van der Waals surface area contributed by atoms with Crippen molar-refractivity contribution in [2.24, 2.45) is 4.99 Å². The summed E-state index contributed by atoms with van der Waals surface area (Å²) in [4.78, 5) is 17.3. The van der Waals surface area contributed by atoms with Crippen molar-refractivity contribution in [2.45, 2.75) is 31.7 Å². The molecule has 2 N–H and O–H groups in total. The van der Waals surface area contributed by atoms with Crippen molar-refractivity contribution in [1.82, 2.24) is 15.5 Å². The summed E-state index contributed by atoms with van der Waals surface area (Å²) in [5, 5.41) is 10.8. The molecule has 3 aromatic rings. The topological polar surface area (TPSA) is 70.1 Å². The summed E-state index contributed by atoms with van der Waals surface area (Å²) < 4.78 is 13.1. The third-order valence-corrected chi connectivity index (χ3v) is 5.16. The maximum Gasteiger partial charge on any atom is 0.256 e. The van der Waals surface area contributed by atoms with Crippen molar-refractivity contribution in [1.29, 1.82) is 0 Å². The molecule has 4 rings (SSSR count). The van der Waals surface area contributed by atoms with E-state index in [2.05, 4.69) is 15.5 Å². The normalized spacial score (nSPS) is 14.5. The van der Waals surface area contributed by atoms with Gasteiger partial charge in [0.2, 0.25) is 0 Å². The number of nitrogens with zero attached hydrogens (tertiary/aromatic N) is 2. The molecule has 148 valence electrons. The van der Waals surface area contributed by atoms with Crippen LogP contribution in [0.25, 0.3) is 11.3 Å². The number of aromatic nitrogens is 2. The second-order valence-corrected chi connectivity index (χ2v) is 7.52. The van der Waals surface area contributed by atoms with Crippen LogP contribution in [0.3, 0.4) is 0 Å². The number of amidine groups is 1. The summed E-state index contributed by atoms with van der Waals surface area (Å²) in [6, 6.07) is 15.0. The Balaban J connectivity index is 1.50. The van der Waals surface area contributed by atoms with Crippen molar-refractivity contribution in [3.05, 3.63) is 76.7 Å². The molecule has 5 nitrogen and oxygen atoms in total.